The van der Waals surface area contributed by atoms with Crippen molar-refractivity contribution in [3.63, 3.8) is 0 Å². The first kappa shape index (κ1) is 42.9. The number of fused-ring (bicyclic) bond motifs is 2. The van der Waals surface area contributed by atoms with E-state index in [1.54, 1.807) is 14.2 Å². The lowest BCUT2D eigenvalue weighted by atomic mass is 9.86. The van der Waals surface area contributed by atoms with E-state index in [0.717, 1.165) is 68.8 Å². The molecule has 3 saturated heterocycles. The SMILES string of the molecule is CCCN(CCC1CCN(C(=O)C2CCCNC2)CC1)[C@@H]1CCc2ccc(OC)cc2C1.CCCN(CCC1CCNCC1)[C@@H]1CCc2ccc(OC)cc2C1. The van der Waals surface area contributed by atoms with E-state index in [-0.39, 0.29) is 5.92 Å². The predicted octanol–water partition coefficient (Wildman–Crippen LogP) is 7.55. The molecule has 2 aromatic rings. The summed E-state index contributed by atoms with van der Waals surface area (Å²) in [6.45, 7) is 15.8. The highest BCUT2D eigenvalue weighted by Gasteiger charge is 2.31. The summed E-state index contributed by atoms with van der Waals surface area (Å²) in [5.41, 5.74) is 6.02. The normalized spacial score (nSPS) is 23.2. The third-order valence-corrected chi connectivity index (χ3v) is 14.0. The topological polar surface area (TPSA) is 69.3 Å². The summed E-state index contributed by atoms with van der Waals surface area (Å²) in [4.78, 5) is 20.5. The van der Waals surface area contributed by atoms with Crippen LogP contribution < -0.4 is 20.1 Å². The van der Waals surface area contributed by atoms with E-state index >= 15 is 0 Å². The zero-order valence-electron chi connectivity index (χ0n) is 35.8. The number of carbonyl (C=O) groups excluding carboxylic acids is 1. The number of ether oxygens (including phenoxy) is 2. The number of hydrogen-bond acceptors (Lipinski definition) is 7. The molecule has 3 heterocycles. The van der Waals surface area contributed by atoms with E-state index in [4.69, 9.17) is 9.47 Å². The molecule has 3 fully saturated rings. The van der Waals surface area contributed by atoms with Crippen LogP contribution in [0.2, 0.25) is 0 Å². The Kier molecular flexibility index (Phi) is 17.2. The molecule has 3 aliphatic heterocycles. The van der Waals surface area contributed by atoms with Crippen LogP contribution in [-0.2, 0) is 30.5 Å². The summed E-state index contributed by atoms with van der Waals surface area (Å²) in [6, 6.07) is 14.6. The molecule has 3 atom stereocenters. The molecule has 8 nitrogen and oxygen atoms in total. The molecule has 0 bridgehead atoms. The zero-order chi connectivity index (χ0) is 39.1. The molecule has 2 aliphatic carbocycles. The van der Waals surface area contributed by atoms with Crippen molar-refractivity contribution in [2.75, 3.05) is 79.7 Å². The standard InChI is InChI=1S/C27H43N3O2.C21H34N2O/c1-3-14-29(25-8-6-22-7-9-26(32-2)19-24(22)18-25)15-10-21-11-16-30(17-12-21)27(31)23-5-4-13-28-20-23;1-3-13-23(14-10-17-8-11-22-12-9-17)20-6-4-18-5-7-21(24-2)16-19(18)15-20/h7,9,19,21,23,25,28H,3-6,8,10-18,20H2,1-2H3;5,7,16-17,20,22H,3-4,6,8-15H2,1-2H3/t23?,25-;20-/m11/s1. The van der Waals surface area contributed by atoms with Gasteiger partial charge in [-0.3, -0.25) is 4.79 Å². The summed E-state index contributed by atoms with van der Waals surface area (Å²) >= 11 is 0. The molecule has 1 amide bonds. The van der Waals surface area contributed by atoms with Gasteiger partial charge in [0.1, 0.15) is 11.5 Å². The van der Waals surface area contributed by atoms with Crippen LogP contribution in [0.3, 0.4) is 0 Å². The average Bonchev–Trinajstić information content (AvgIpc) is 3.26. The maximum atomic E-state index is 12.8. The molecular formula is C48H77N5O3. The molecule has 2 N–H and O–H groups in total. The Hall–Kier alpha value is -2.65. The first-order valence-electron chi connectivity index (χ1n) is 23.0. The highest BCUT2D eigenvalue weighted by molar-refractivity contribution is 5.79. The lowest BCUT2D eigenvalue weighted by Gasteiger charge is -2.38. The van der Waals surface area contributed by atoms with E-state index in [1.807, 2.05) is 0 Å². The minimum absolute atomic E-state index is 0.216. The van der Waals surface area contributed by atoms with Crippen molar-refractivity contribution in [3.8, 4) is 11.5 Å². The summed E-state index contributed by atoms with van der Waals surface area (Å²) in [5, 5.41) is 6.88. The van der Waals surface area contributed by atoms with Gasteiger partial charge in [-0.2, -0.15) is 0 Å². The van der Waals surface area contributed by atoms with Gasteiger partial charge in [0.25, 0.3) is 0 Å². The van der Waals surface area contributed by atoms with Crippen LogP contribution >= 0.6 is 0 Å². The van der Waals surface area contributed by atoms with Crippen LogP contribution in [-0.4, -0.2) is 112 Å². The highest BCUT2D eigenvalue weighted by Crippen LogP contribution is 2.31. The molecular weight excluding hydrogens is 695 g/mol. The molecule has 0 radical (unpaired) electrons. The number of methoxy groups -OCH3 is 2. The van der Waals surface area contributed by atoms with Crippen molar-refractivity contribution in [2.45, 2.75) is 129 Å². The van der Waals surface area contributed by atoms with Gasteiger partial charge in [-0.1, -0.05) is 26.0 Å². The number of benzene rings is 2. The van der Waals surface area contributed by atoms with Crippen LogP contribution in [0.1, 0.15) is 113 Å². The number of piperidine rings is 3. The molecule has 312 valence electrons. The Labute approximate surface area is 340 Å². The van der Waals surface area contributed by atoms with Crippen molar-refractivity contribution >= 4 is 5.91 Å². The van der Waals surface area contributed by atoms with Crippen LogP contribution in [0.5, 0.6) is 11.5 Å². The minimum atomic E-state index is 0.216. The van der Waals surface area contributed by atoms with Gasteiger partial charge in [0.2, 0.25) is 5.91 Å². The molecule has 0 aromatic heterocycles. The Morgan fingerprint density at radius 1 is 0.661 bits per heavy atom. The lowest BCUT2D eigenvalue weighted by molar-refractivity contribution is -0.137. The third-order valence-electron chi connectivity index (χ3n) is 14.0. The van der Waals surface area contributed by atoms with Crippen molar-refractivity contribution in [1.29, 1.82) is 0 Å². The van der Waals surface area contributed by atoms with E-state index in [2.05, 4.69) is 75.6 Å². The third kappa shape index (κ3) is 12.2. The number of hydrogen-bond donors (Lipinski definition) is 2. The molecule has 8 heteroatoms. The largest absolute Gasteiger partial charge is 0.497 e. The maximum Gasteiger partial charge on any atom is 0.226 e. The number of amides is 1. The van der Waals surface area contributed by atoms with Crippen LogP contribution in [0.15, 0.2) is 36.4 Å². The number of likely N-dealkylation sites (tertiary alicyclic amines) is 1. The summed E-state index contributed by atoms with van der Waals surface area (Å²) in [6.07, 6.45) is 19.7. The highest BCUT2D eigenvalue weighted by atomic mass is 16.5. The fourth-order valence-electron chi connectivity index (χ4n) is 10.5. The van der Waals surface area contributed by atoms with Gasteiger partial charge in [-0.25, -0.2) is 0 Å². The van der Waals surface area contributed by atoms with Crippen molar-refractivity contribution in [2.24, 2.45) is 17.8 Å². The quantitative estimate of drug-likeness (QED) is 0.194. The fourth-order valence-corrected chi connectivity index (χ4v) is 10.5. The lowest BCUT2D eigenvalue weighted by Crippen LogP contribution is -2.46. The average molecular weight is 772 g/mol. The van der Waals surface area contributed by atoms with E-state index in [1.165, 1.54) is 145 Å². The second kappa shape index (κ2) is 22.5. The van der Waals surface area contributed by atoms with Crippen LogP contribution in [0, 0.1) is 17.8 Å². The van der Waals surface area contributed by atoms with Crippen molar-refractivity contribution in [3.05, 3.63) is 58.7 Å². The smallest absolute Gasteiger partial charge is 0.226 e. The molecule has 5 aliphatic rings. The van der Waals surface area contributed by atoms with Crippen molar-refractivity contribution in [1.82, 2.24) is 25.3 Å². The van der Waals surface area contributed by atoms with Gasteiger partial charge in [0.05, 0.1) is 20.1 Å². The number of aryl methyl sites for hydroxylation is 2. The second-order valence-corrected chi connectivity index (χ2v) is 17.7. The second-order valence-electron chi connectivity index (χ2n) is 17.7. The molecule has 56 heavy (non-hydrogen) atoms. The van der Waals surface area contributed by atoms with E-state index in [9.17, 15) is 4.79 Å². The molecule has 0 saturated carbocycles. The predicted molar refractivity (Wildman–Crippen MR) is 231 cm³/mol. The van der Waals surface area contributed by atoms with Gasteiger partial charge in [-0.15, -0.1) is 0 Å². The summed E-state index contributed by atoms with van der Waals surface area (Å²) in [5.74, 6) is 4.30. The fraction of sp³-hybridized carbons (Fsp3) is 0.729. The molecule has 7 rings (SSSR count). The Morgan fingerprint density at radius 2 is 1.20 bits per heavy atom. The Balaban J connectivity index is 0.000000198. The number of carbonyl (C=O) groups is 1. The zero-order valence-corrected chi connectivity index (χ0v) is 35.8. The number of nitrogens with one attached hydrogen (secondary N) is 2. The van der Waals surface area contributed by atoms with Gasteiger partial charge >= 0.3 is 0 Å². The first-order valence-corrected chi connectivity index (χ1v) is 23.0. The first-order chi connectivity index (χ1) is 27.5. The van der Waals surface area contributed by atoms with Crippen molar-refractivity contribution < 1.29 is 14.3 Å². The summed E-state index contributed by atoms with van der Waals surface area (Å²) in [7, 11) is 3.53. The molecule has 0 spiro atoms. The van der Waals surface area contributed by atoms with Gasteiger partial charge < -0.3 is 34.8 Å². The summed E-state index contributed by atoms with van der Waals surface area (Å²) < 4.78 is 10.9. The Morgan fingerprint density at radius 3 is 1.68 bits per heavy atom. The molecule has 2 aromatic carbocycles. The number of nitrogens with zero attached hydrogens (tertiary/aromatic N) is 3. The van der Waals surface area contributed by atoms with Crippen LogP contribution in [0.25, 0.3) is 0 Å². The maximum absolute atomic E-state index is 12.8. The van der Waals surface area contributed by atoms with Gasteiger partial charge in [0.15, 0.2) is 0 Å². The Bertz CT molecular complexity index is 1460. The molecule has 1 unspecified atom stereocenters. The van der Waals surface area contributed by atoms with Gasteiger partial charge in [0, 0.05) is 31.7 Å². The number of rotatable bonds is 15. The van der Waals surface area contributed by atoms with Gasteiger partial charge in [-0.05, 0) is 207 Å². The van der Waals surface area contributed by atoms with E-state index < -0.39 is 0 Å². The van der Waals surface area contributed by atoms with E-state index in [0.29, 0.717) is 18.0 Å². The minimum Gasteiger partial charge on any atom is -0.497 e. The monoisotopic (exact) mass is 772 g/mol. The van der Waals surface area contributed by atoms with Crippen LogP contribution in [0.4, 0.5) is 0 Å².